The lowest BCUT2D eigenvalue weighted by Crippen LogP contribution is -2.54. The molecule has 0 saturated carbocycles. The van der Waals surface area contributed by atoms with E-state index >= 15 is 0 Å². The van der Waals surface area contributed by atoms with Gasteiger partial charge in [-0.15, -0.1) is 11.6 Å². The standard InChI is InChI=1S/C24H25ClFN7O/c1-13-10-33(11-14(2)28-13)20-5-4-17(23-18(20)9-27-21(8-25)30-23)24(34)29-16-6-15-12-32(3)31-22(15)19(26)7-16/h4-7,9,12-14,28H,8,10-11H2,1-3H3,(H,29,34). The molecule has 3 heterocycles. The van der Waals surface area contributed by atoms with Crippen molar-refractivity contribution in [3.05, 3.63) is 53.9 Å². The highest BCUT2D eigenvalue weighted by molar-refractivity contribution is 6.17. The Morgan fingerprint density at radius 2 is 2.00 bits per heavy atom. The molecule has 1 aliphatic heterocycles. The van der Waals surface area contributed by atoms with Crippen molar-refractivity contribution in [3.63, 3.8) is 0 Å². The van der Waals surface area contributed by atoms with Crippen molar-refractivity contribution in [1.82, 2.24) is 25.1 Å². The molecule has 176 valence electrons. The lowest BCUT2D eigenvalue weighted by molar-refractivity contribution is 0.102. The van der Waals surface area contributed by atoms with Crippen LogP contribution in [-0.2, 0) is 12.9 Å². The Hall–Kier alpha value is -3.30. The van der Waals surface area contributed by atoms with Crippen LogP contribution in [0.5, 0.6) is 0 Å². The number of anilines is 2. The quantitative estimate of drug-likeness (QED) is 0.431. The maximum absolute atomic E-state index is 14.5. The molecule has 2 aromatic heterocycles. The minimum absolute atomic E-state index is 0.131. The molecule has 0 bridgehead atoms. The van der Waals surface area contributed by atoms with Gasteiger partial charge in [-0.2, -0.15) is 5.10 Å². The van der Waals surface area contributed by atoms with Crippen LogP contribution in [0.2, 0.25) is 0 Å². The van der Waals surface area contributed by atoms with E-state index in [0.717, 1.165) is 24.2 Å². The molecule has 5 rings (SSSR count). The first-order chi connectivity index (χ1) is 16.3. The zero-order valence-corrected chi connectivity index (χ0v) is 19.9. The molecule has 8 nitrogen and oxygen atoms in total. The van der Waals surface area contributed by atoms with Crippen molar-refractivity contribution < 1.29 is 9.18 Å². The van der Waals surface area contributed by atoms with Crippen molar-refractivity contribution in [2.24, 2.45) is 7.05 Å². The fourth-order valence-electron chi connectivity index (χ4n) is 4.67. The Labute approximate surface area is 201 Å². The van der Waals surface area contributed by atoms with Gasteiger partial charge in [0.2, 0.25) is 0 Å². The van der Waals surface area contributed by atoms with E-state index in [2.05, 4.69) is 44.4 Å². The SMILES string of the molecule is CC1CN(c2ccc(C(=O)Nc3cc(F)c4nn(C)cc4c3)c3nc(CCl)ncc23)CC(C)N1. The summed E-state index contributed by atoms with van der Waals surface area (Å²) in [7, 11) is 1.72. The predicted molar refractivity (Wildman–Crippen MR) is 132 cm³/mol. The number of rotatable bonds is 4. The summed E-state index contributed by atoms with van der Waals surface area (Å²) in [6.07, 6.45) is 3.43. The van der Waals surface area contributed by atoms with E-state index in [4.69, 9.17) is 11.6 Å². The highest BCUT2D eigenvalue weighted by atomic mass is 35.5. The summed E-state index contributed by atoms with van der Waals surface area (Å²) in [6, 6.07) is 7.30. The van der Waals surface area contributed by atoms with Crippen molar-refractivity contribution in [1.29, 1.82) is 0 Å². The van der Waals surface area contributed by atoms with E-state index in [9.17, 15) is 9.18 Å². The van der Waals surface area contributed by atoms with Gasteiger partial charge >= 0.3 is 0 Å². The number of benzene rings is 2. The minimum atomic E-state index is -0.498. The van der Waals surface area contributed by atoms with Crippen molar-refractivity contribution >= 4 is 50.7 Å². The second-order valence-corrected chi connectivity index (χ2v) is 9.11. The molecular formula is C24H25ClFN7O. The van der Waals surface area contributed by atoms with Gasteiger partial charge in [-0.3, -0.25) is 9.48 Å². The van der Waals surface area contributed by atoms with Crippen LogP contribution < -0.4 is 15.5 Å². The predicted octanol–water partition coefficient (Wildman–Crippen LogP) is 3.83. The third-order valence-electron chi connectivity index (χ3n) is 5.97. The summed E-state index contributed by atoms with van der Waals surface area (Å²) in [5, 5.41) is 11.8. The molecule has 2 atom stereocenters. The number of aromatic nitrogens is 4. The highest BCUT2D eigenvalue weighted by Gasteiger charge is 2.24. The lowest BCUT2D eigenvalue weighted by atomic mass is 10.0. The highest BCUT2D eigenvalue weighted by Crippen LogP contribution is 2.31. The van der Waals surface area contributed by atoms with E-state index in [1.165, 1.54) is 10.7 Å². The molecule has 10 heteroatoms. The van der Waals surface area contributed by atoms with Gasteiger partial charge in [0.15, 0.2) is 5.82 Å². The molecule has 0 aliphatic carbocycles. The summed E-state index contributed by atoms with van der Waals surface area (Å²) < 4.78 is 16.0. The van der Waals surface area contributed by atoms with Crippen LogP contribution in [0.1, 0.15) is 30.0 Å². The van der Waals surface area contributed by atoms with Crippen LogP contribution in [0.3, 0.4) is 0 Å². The molecule has 2 aromatic carbocycles. The molecule has 4 aromatic rings. The number of carbonyl (C=O) groups is 1. The van der Waals surface area contributed by atoms with Crippen LogP contribution in [0.15, 0.2) is 36.7 Å². The second kappa shape index (κ2) is 8.81. The molecule has 2 unspecified atom stereocenters. The molecule has 2 N–H and O–H groups in total. The molecule has 1 saturated heterocycles. The van der Waals surface area contributed by atoms with Gasteiger partial charge in [0.25, 0.3) is 5.91 Å². The first kappa shape index (κ1) is 22.5. The third kappa shape index (κ3) is 4.17. The Bertz CT molecular complexity index is 1400. The smallest absolute Gasteiger partial charge is 0.257 e. The van der Waals surface area contributed by atoms with Gasteiger partial charge < -0.3 is 15.5 Å². The normalized spacial score (nSPS) is 18.6. The van der Waals surface area contributed by atoms with E-state index in [0.29, 0.717) is 40.1 Å². The fraction of sp³-hybridized carbons (Fsp3) is 0.333. The molecule has 1 aliphatic rings. The number of piperazine rings is 1. The van der Waals surface area contributed by atoms with Gasteiger partial charge in [0.1, 0.15) is 11.3 Å². The summed E-state index contributed by atoms with van der Waals surface area (Å²) in [5.41, 5.74) is 2.46. The fourth-order valence-corrected chi connectivity index (χ4v) is 4.80. The number of alkyl halides is 1. The molecule has 1 amide bonds. The average molecular weight is 482 g/mol. The lowest BCUT2D eigenvalue weighted by Gasteiger charge is -2.38. The summed E-state index contributed by atoms with van der Waals surface area (Å²) in [5.74, 6) is -0.320. The Morgan fingerprint density at radius 3 is 2.74 bits per heavy atom. The van der Waals surface area contributed by atoms with Crippen LogP contribution >= 0.6 is 11.6 Å². The van der Waals surface area contributed by atoms with Crippen molar-refractivity contribution in [2.45, 2.75) is 31.8 Å². The van der Waals surface area contributed by atoms with E-state index in [1.807, 2.05) is 6.07 Å². The zero-order chi connectivity index (χ0) is 24.0. The molecule has 1 fully saturated rings. The van der Waals surface area contributed by atoms with Gasteiger partial charge in [0, 0.05) is 66.8 Å². The van der Waals surface area contributed by atoms with E-state index < -0.39 is 5.82 Å². The number of nitrogens with one attached hydrogen (secondary N) is 2. The van der Waals surface area contributed by atoms with Crippen LogP contribution in [0.4, 0.5) is 15.8 Å². The van der Waals surface area contributed by atoms with E-state index in [-0.39, 0.29) is 17.3 Å². The number of hydrogen-bond donors (Lipinski definition) is 2. The van der Waals surface area contributed by atoms with Crippen LogP contribution in [0.25, 0.3) is 21.8 Å². The number of amides is 1. The van der Waals surface area contributed by atoms with Crippen molar-refractivity contribution in [2.75, 3.05) is 23.3 Å². The Balaban J connectivity index is 1.54. The number of halogens is 2. The maximum Gasteiger partial charge on any atom is 0.257 e. The number of hydrogen-bond acceptors (Lipinski definition) is 6. The third-order valence-corrected chi connectivity index (χ3v) is 6.21. The van der Waals surface area contributed by atoms with Gasteiger partial charge in [-0.25, -0.2) is 14.4 Å². The average Bonchev–Trinajstić information content (AvgIpc) is 3.18. The van der Waals surface area contributed by atoms with Crippen LogP contribution in [0, 0.1) is 5.82 Å². The van der Waals surface area contributed by atoms with Crippen molar-refractivity contribution in [3.8, 4) is 0 Å². The first-order valence-electron chi connectivity index (χ1n) is 11.1. The van der Waals surface area contributed by atoms with Gasteiger partial charge in [0.05, 0.1) is 17.0 Å². The molecule has 0 radical (unpaired) electrons. The maximum atomic E-state index is 14.5. The summed E-state index contributed by atoms with van der Waals surface area (Å²) >= 11 is 6.00. The van der Waals surface area contributed by atoms with Gasteiger partial charge in [-0.05, 0) is 38.1 Å². The van der Waals surface area contributed by atoms with Gasteiger partial charge in [-0.1, -0.05) is 0 Å². The monoisotopic (exact) mass is 481 g/mol. The van der Waals surface area contributed by atoms with E-state index in [1.54, 1.807) is 31.6 Å². The number of carbonyl (C=O) groups excluding carboxylic acids is 1. The number of nitrogens with zero attached hydrogens (tertiary/aromatic N) is 5. The van der Waals surface area contributed by atoms with Crippen LogP contribution in [-0.4, -0.2) is 50.8 Å². The number of fused-ring (bicyclic) bond motifs is 2. The minimum Gasteiger partial charge on any atom is -0.368 e. The molecule has 34 heavy (non-hydrogen) atoms. The largest absolute Gasteiger partial charge is 0.368 e. The summed E-state index contributed by atoms with van der Waals surface area (Å²) in [6.45, 7) is 5.94. The number of aryl methyl sites for hydroxylation is 1. The second-order valence-electron chi connectivity index (χ2n) is 8.84. The topological polar surface area (TPSA) is 88.0 Å². The first-order valence-corrected chi connectivity index (χ1v) is 11.7. The Kier molecular flexibility index (Phi) is 5.83. The summed E-state index contributed by atoms with van der Waals surface area (Å²) in [4.78, 5) is 24.5. The Morgan fingerprint density at radius 1 is 1.24 bits per heavy atom. The molecule has 0 spiro atoms. The molecular weight excluding hydrogens is 457 g/mol. The zero-order valence-electron chi connectivity index (χ0n) is 19.1.